The second-order valence-corrected chi connectivity index (χ2v) is 3.69. The lowest BCUT2D eigenvalue weighted by Gasteiger charge is -2.16. The number of rotatable bonds is 5. The van der Waals surface area contributed by atoms with Crippen molar-refractivity contribution in [2.45, 2.75) is 32.7 Å². The molecule has 1 unspecified atom stereocenters. The van der Waals surface area contributed by atoms with E-state index < -0.39 is 0 Å². The predicted molar refractivity (Wildman–Crippen MR) is 62.4 cm³/mol. The molecule has 0 aliphatic heterocycles. The van der Waals surface area contributed by atoms with Gasteiger partial charge in [-0.2, -0.15) is 5.10 Å². The highest BCUT2D eigenvalue weighted by Gasteiger charge is 2.13. The minimum Gasteiger partial charge on any atom is -0.309 e. The molecule has 1 atom stereocenters. The van der Waals surface area contributed by atoms with Crippen LogP contribution in [0.1, 0.15) is 37.2 Å². The lowest BCUT2D eigenvalue weighted by Crippen LogP contribution is -2.23. The molecule has 3 heteroatoms. The smallest absolute Gasteiger partial charge is 0.0597 e. The average molecular weight is 205 g/mol. The van der Waals surface area contributed by atoms with Gasteiger partial charge in [0.15, 0.2) is 0 Å². The first-order chi connectivity index (χ1) is 7.19. The van der Waals surface area contributed by atoms with E-state index in [4.69, 9.17) is 6.42 Å². The van der Waals surface area contributed by atoms with Crippen LogP contribution < -0.4 is 5.32 Å². The van der Waals surface area contributed by atoms with Crippen molar-refractivity contribution in [2.75, 3.05) is 6.54 Å². The third kappa shape index (κ3) is 3.10. The molecule has 0 amide bonds. The van der Waals surface area contributed by atoms with Crippen LogP contribution in [0.3, 0.4) is 0 Å². The van der Waals surface area contributed by atoms with Gasteiger partial charge >= 0.3 is 0 Å². The first-order valence-corrected chi connectivity index (χ1v) is 5.36. The van der Waals surface area contributed by atoms with Gasteiger partial charge in [0, 0.05) is 13.5 Å². The number of hydrogen-bond acceptors (Lipinski definition) is 2. The average Bonchev–Trinajstić information content (AvgIpc) is 2.52. The number of aromatic nitrogens is 2. The van der Waals surface area contributed by atoms with Gasteiger partial charge in [0.25, 0.3) is 0 Å². The zero-order chi connectivity index (χ0) is 11.3. The summed E-state index contributed by atoms with van der Waals surface area (Å²) in [4.78, 5) is 0. The van der Waals surface area contributed by atoms with Crippen LogP contribution in [0, 0.1) is 19.3 Å². The van der Waals surface area contributed by atoms with Gasteiger partial charge in [-0.3, -0.25) is 4.68 Å². The van der Waals surface area contributed by atoms with Gasteiger partial charge in [0.1, 0.15) is 0 Å². The van der Waals surface area contributed by atoms with E-state index in [0.717, 1.165) is 25.1 Å². The molecule has 1 aromatic heterocycles. The first-order valence-electron chi connectivity index (χ1n) is 5.36. The fourth-order valence-corrected chi connectivity index (χ4v) is 1.79. The number of nitrogens with zero attached hydrogens (tertiary/aromatic N) is 2. The maximum absolute atomic E-state index is 5.29. The van der Waals surface area contributed by atoms with Crippen molar-refractivity contribution in [2.24, 2.45) is 7.05 Å². The zero-order valence-corrected chi connectivity index (χ0v) is 9.75. The molecule has 1 heterocycles. The molecular formula is C12H19N3. The third-order valence-electron chi connectivity index (χ3n) is 2.42. The molecular weight excluding hydrogens is 186 g/mol. The number of aryl methyl sites for hydroxylation is 2. The molecule has 0 aliphatic carbocycles. The largest absolute Gasteiger partial charge is 0.309 e. The van der Waals surface area contributed by atoms with E-state index in [1.165, 1.54) is 5.69 Å². The van der Waals surface area contributed by atoms with Crippen LogP contribution in [-0.2, 0) is 7.05 Å². The minimum atomic E-state index is 0.317. The predicted octanol–water partition coefficient (Wildman–Crippen LogP) is 1.79. The highest BCUT2D eigenvalue weighted by Crippen LogP contribution is 2.18. The van der Waals surface area contributed by atoms with E-state index in [1.807, 2.05) is 18.7 Å². The molecule has 0 radical (unpaired) electrons. The summed E-state index contributed by atoms with van der Waals surface area (Å²) in [6.45, 7) is 5.05. The molecule has 0 aliphatic rings. The molecule has 0 saturated carbocycles. The van der Waals surface area contributed by atoms with Crippen molar-refractivity contribution >= 4 is 0 Å². The van der Waals surface area contributed by atoms with E-state index in [-0.39, 0.29) is 0 Å². The van der Waals surface area contributed by atoms with Crippen LogP contribution >= 0.6 is 0 Å². The quantitative estimate of drug-likeness (QED) is 0.743. The van der Waals surface area contributed by atoms with E-state index >= 15 is 0 Å². The monoisotopic (exact) mass is 205 g/mol. The molecule has 0 aromatic carbocycles. The molecule has 82 valence electrons. The van der Waals surface area contributed by atoms with Gasteiger partial charge in [-0.05, 0) is 26.0 Å². The SMILES string of the molecule is C#CCCC(NCC)c1cc(C)nn1C. The highest BCUT2D eigenvalue weighted by atomic mass is 15.3. The van der Waals surface area contributed by atoms with Gasteiger partial charge in [0.2, 0.25) is 0 Å². The number of nitrogens with one attached hydrogen (secondary N) is 1. The molecule has 1 aromatic rings. The van der Waals surface area contributed by atoms with E-state index in [9.17, 15) is 0 Å². The standard InChI is InChI=1S/C12H19N3/c1-5-7-8-11(13-6-2)12-9-10(3)14-15(12)4/h1,9,11,13H,6-8H2,2-4H3. The van der Waals surface area contributed by atoms with Crippen LogP contribution in [0.2, 0.25) is 0 Å². The number of hydrogen-bond donors (Lipinski definition) is 1. The van der Waals surface area contributed by atoms with E-state index in [1.54, 1.807) is 0 Å². The summed E-state index contributed by atoms with van der Waals surface area (Å²) in [7, 11) is 1.97. The third-order valence-corrected chi connectivity index (χ3v) is 2.42. The lowest BCUT2D eigenvalue weighted by atomic mass is 10.1. The van der Waals surface area contributed by atoms with Crippen molar-refractivity contribution in [1.82, 2.24) is 15.1 Å². The zero-order valence-electron chi connectivity index (χ0n) is 9.75. The Labute approximate surface area is 91.9 Å². The summed E-state index contributed by atoms with van der Waals surface area (Å²) in [6.07, 6.45) is 7.05. The summed E-state index contributed by atoms with van der Waals surface area (Å²) in [5.41, 5.74) is 2.26. The molecule has 0 spiro atoms. The van der Waals surface area contributed by atoms with Crippen molar-refractivity contribution < 1.29 is 0 Å². The van der Waals surface area contributed by atoms with Gasteiger partial charge in [0.05, 0.1) is 17.4 Å². The first kappa shape index (κ1) is 11.8. The maximum Gasteiger partial charge on any atom is 0.0597 e. The van der Waals surface area contributed by atoms with E-state index in [2.05, 4.69) is 29.3 Å². The van der Waals surface area contributed by atoms with Gasteiger partial charge in [-0.1, -0.05) is 6.92 Å². The summed E-state index contributed by atoms with van der Waals surface area (Å²) < 4.78 is 1.93. The second kappa shape index (κ2) is 5.57. The highest BCUT2D eigenvalue weighted by molar-refractivity contribution is 5.13. The van der Waals surface area contributed by atoms with Crippen molar-refractivity contribution in [1.29, 1.82) is 0 Å². The van der Waals surface area contributed by atoms with Crippen molar-refractivity contribution in [3.05, 3.63) is 17.5 Å². The van der Waals surface area contributed by atoms with E-state index in [0.29, 0.717) is 6.04 Å². The summed E-state index contributed by atoms with van der Waals surface area (Å²) >= 11 is 0. The summed E-state index contributed by atoms with van der Waals surface area (Å²) in [6, 6.07) is 2.43. The molecule has 1 N–H and O–H groups in total. The maximum atomic E-state index is 5.29. The summed E-state index contributed by atoms with van der Waals surface area (Å²) in [5.74, 6) is 2.68. The molecule has 1 rings (SSSR count). The van der Waals surface area contributed by atoms with Crippen LogP contribution in [-0.4, -0.2) is 16.3 Å². The lowest BCUT2D eigenvalue weighted by molar-refractivity contribution is 0.486. The Kier molecular flexibility index (Phi) is 4.38. The molecule has 0 saturated heterocycles. The van der Waals surface area contributed by atoms with Crippen LogP contribution in [0.5, 0.6) is 0 Å². The molecule has 0 fully saturated rings. The normalized spacial score (nSPS) is 12.4. The fraction of sp³-hybridized carbons (Fsp3) is 0.583. The van der Waals surface area contributed by atoms with Crippen molar-refractivity contribution in [3.63, 3.8) is 0 Å². The topological polar surface area (TPSA) is 29.9 Å². The van der Waals surface area contributed by atoms with Crippen LogP contribution in [0.25, 0.3) is 0 Å². The van der Waals surface area contributed by atoms with Gasteiger partial charge in [-0.25, -0.2) is 0 Å². The van der Waals surface area contributed by atoms with Crippen LogP contribution in [0.15, 0.2) is 6.07 Å². The number of terminal acetylenes is 1. The molecule has 15 heavy (non-hydrogen) atoms. The Hall–Kier alpha value is -1.27. The fourth-order valence-electron chi connectivity index (χ4n) is 1.79. The Morgan fingerprint density at radius 1 is 1.67 bits per heavy atom. The molecule has 3 nitrogen and oxygen atoms in total. The van der Waals surface area contributed by atoms with Gasteiger partial charge < -0.3 is 5.32 Å². The Morgan fingerprint density at radius 3 is 2.87 bits per heavy atom. The Bertz CT molecular complexity index is 346. The second-order valence-electron chi connectivity index (χ2n) is 3.69. The van der Waals surface area contributed by atoms with Crippen molar-refractivity contribution in [3.8, 4) is 12.3 Å². The Balaban J connectivity index is 2.79. The Morgan fingerprint density at radius 2 is 2.40 bits per heavy atom. The van der Waals surface area contributed by atoms with Gasteiger partial charge in [-0.15, -0.1) is 12.3 Å². The minimum absolute atomic E-state index is 0.317. The molecule has 0 bridgehead atoms. The summed E-state index contributed by atoms with van der Waals surface area (Å²) in [5, 5.41) is 7.78. The van der Waals surface area contributed by atoms with Crippen LogP contribution in [0.4, 0.5) is 0 Å².